The molecule has 38 heavy (non-hydrogen) atoms. The van der Waals surface area contributed by atoms with Gasteiger partial charge in [-0.2, -0.15) is 0 Å². The molecule has 0 aromatic heterocycles. The zero-order chi connectivity index (χ0) is 25.5. The monoisotopic (exact) mass is 516 g/mol. The van der Waals surface area contributed by atoms with E-state index in [2.05, 4.69) is 24.3 Å². The number of hydrogen-bond donors (Lipinski definition) is 2. The van der Waals surface area contributed by atoms with Gasteiger partial charge >= 0.3 is 0 Å². The van der Waals surface area contributed by atoms with Crippen molar-refractivity contribution in [3.63, 3.8) is 0 Å². The number of fused-ring (bicyclic) bond motifs is 1. The Morgan fingerprint density at radius 1 is 0.605 bits per heavy atom. The van der Waals surface area contributed by atoms with Crippen LogP contribution in [0.15, 0.2) is 24.3 Å². The molecule has 8 saturated carbocycles. The van der Waals surface area contributed by atoms with Gasteiger partial charge in [-0.05, 0) is 158 Å². The third-order valence-electron chi connectivity index (χ3n) is 12.0. The second-order valence-electron chi connectivity index (χ2n) is 14.5. The molecule has 4 nitrogen and oxygen atoms in total. The summed E-state index contributed by atoms with van der Waals surface area (Å²) in [5.74, 6) is 7.02. The van der Waals surface area contributed by atoms with Gasteiger partial charge in [-0.15, -0.1) is 0 Å². The number of aliphatic hydroxyl groups is 2. The first-order valence-corrected chi connectivity index (χ1v) is 15.7. The highest BCUT2D eigenvalue weighted by Crippen LogP contribution is 2.64. The van der Waals surface area contributed by atoms with Crippen molar-refractivity contribution in [1.82, 2.24) is 0 Å². The summed E-state index contributed by atoms with van der Waals surface area (Å²) in [4.78, 5) is 0. The lowest BCUT2D eigenvalue weighted by atomic mass is 9.47. The van der Waals surface area contributed by atoms with Crippen molar-refractivity contribution in [2.24, 2.45) is 35.5 Å². The Hall–Kier alpha value is -1.78. The maximum Gasteiger partial charge on any atom is 0.131 e. The van der Waals surface area contributed by atoms with Gasteiger partial charge in [0.2, 0.25) is 0 Å². The van der Waals surface area contributed by atoms with Gasteiger partial charge in [-0.3, -0.25) is 0 Å². The highest BCUT2D eigenvalue weighted by Gasteiger charge is 2.54. The number of hydrogen-bond acceptors (Lipinski definition) is 4. The number of benzene rings is 2. The number of aliphatic hydroxyl groups excluding tert-OH is 2. The fourth-order valence-corrected chi connectivity index (χ4v) is 11.6. The Labute approximate surface area is 227 Å². The molecule has 0 amide bonds. The Morgan fingerprint density at radius 2 is 1.08 bits per heavy atom. The minimum Gasteiger partial charge on any atom is -0.490 e. The molecule has 2 N–H and O–H groups in total. The Balaban J connectivity index is 1.33. The van der Waals surface area contributed by atoms with Crippen molar-refractivity contribution in [3.8, 4) is 11.5 Å². The van der Waals surface area contributed by atoms with Gasteiger partial charge in [0, 0.05) is 0 Å². The molecular formula is C34H44O4. The normalized spacial score (nSPS) is 40.3. The largest absolute Gasteiger partial charge is 0.490 e. The van der Waals surface area contributed by atoms with E-state index in [4.69, 9.17) is 9.47 Å². The van der Waals surface area contributed by atoms with E-state index in [9.17, 15) is 10.2 Å². The van der Waals surface area contributed by atoms with Gasteiger partial charge in [0.15, 0.2) is 0 Å². The molecule has 0 radical (unpaired) electrons. The summed E-state index contributed by atoms with van der Waals surface area (Å²) in [6, 6.07) is 9.46. The quantitative estimate of drug-likeness (QED) is 0.420. The van der Waals surface area contributed by atoms with E-state index < -0.39 is 0 Å². The molecule has 0 aliphatic heterocycles. The summed E-state index contributed by atoms with van der Waals surface area (Å²) in [5, 5.41) is 21.7. The molecular weight excluding hydrogens is 472 g/mol. The van der Waals surface area contributed by atoms with Crippen molar-refractivity contribution in [2.75, 3.05) is 26.4 Å². The molecule has 204 valence electrons. The standard InChI is InChI=1S/C34H44O4/c35-3-5-37-30-2-1-29(34-18-24-10-25(19-34)12-26(11-24)20-34)28-13-27(14-31(32(28)30)38-6-4-36)33-15-21-7-22(16-33)9-23(8-21)17-33/h1-2,13-14,21-26,35-36H,3-12,15-20H2. The van der Waals surface area contributed by atoms with Crippen molar-refractivity contribution < 1.29 is 19.7 Å². The maximum absolute atomic E-state index is 9.73. The van der Waals surface area contributed by atoms with Gasteiger partial charge < -0.3 is 19.7 Å². The van der Waals surface area contributed by atoms with Crippen LogP contribution >= 0.6 is 0 Å². The molecule has 2 aromatic rings. The number of rotatable bonds is 8. The van der Waals surface area contributed by atoms with Crippen LogP contribution in [0.2, 0.25) is 0 Å². The van der Waals surface area contributed by atoms with Crippen LogP contribution in [-0.2, 0) is 10.8 Å². The lowest BCUT2D eigenvalue weighted by Crippen LogP contribution is -2.49. The first-order valence-electron chi connectivity index (χ1n) is 15.7. The average molecular weight is 517 g/mol. The summed E-state index contributed by atoms with van der Waals surface area (Å²) >= 11 is 0. The van der Waals surface area contributed by atoms with Crippen LogP contribution in [-0.4, -0.2) is 36.6 Å². The van der Waals surface area contributed by atoms with E-state index in [-0.39, 0.29) is 30.7 Å². The van der Waals surface area contributed by atoms with Crippen LogP contribution in [0.25, 0.3) is 10.8 Å². The molecule has 10 rings (SSSR count). The molecule has 0 heterocycles. The lowest BCUT2D eigenvalue weighted by molar-refractivity contribution is -0.00575. The van der Waals surface area contributed by atoms with E-state index in [1.54, 1.807) is 0 Å². The Bertz CT molecular complexity index is 1160. The van der Waals surface area contributed by atoms with Gasteiger partial charge in [-0.25, -0.2) is 0 Å². The molecule has 0 unspecified atom stereocenters. The molecule has 8 bridgehead atoms. The predicted molar refractivity (Wildman–Crippen MR) is 149 cm³/mol. The third kappa shape index (κ3) is 3.69. The maximum atomic E-state index is 9.73. The lowest BCUT2D eigenvalue weighted by Gasteiger charge is -2.58. The average Bonchev–Trinajstić information content (AvgIpc) is 2.88. The molecule has 8 aliphatic rings. The van der Waals surface area contributed by atoms with Crippen LogP contribution < -0.4 is 9.47 Å². The topological polar surface area (TPSA) is 58.9 Å². The molecule has 2 aromatic carbocycles. The minimum absolute atomic E-state index is 0.00356. The van der Waals surface area contributed by atoms with E-state index >= 15 is 0 Å². The van der Waals surface area contributed by atoms with Crippen molar-refractivity contribution >= 4 is 10.8 Å². The summed E-state index contributed by atoms with van der Waals surface area (Å²) in [6.45, 7) is 0.573. The first-order chi connectivity index (χ1) is 18.6. The molecule has 0 spiro atoms. The fourth-order valence-electron chi connectivity index (χ4n) is 11.6. The molecule has 8 fully saturated rings. The van der Waals surface area contributed by atoms with E-state index in [1.165, 1.54) is 93.6 Å². The van der Waals surface area contributed by atoms with Gasteiger partial charge in [0.25, 0.3) is 0 Å². The number of ether oxygens (including phenoxy) is 2. The SMILES string of the molecule is OCCOc1ccc(C23CC4CC(CC(C4)C2)C3)c2cc(C34CC5CC(CC(C5)C3)C4)cc(OCCO)c12. The van der Waals surface area contributed by atoms with Crippen LogP contribution in [0.3, 0.4) is 0 Å². The van der Waals surface area contributed by atoms with E-state index in [0.29, 0.717) is 6.61 Å². The molecule has 0 saturated heterocycles. The third-order valence-corrected chi connectivity index (χ3v) is 12.0. The van der Waals surface area contributed by atoms with Crippen LogP contribution in [0.5, 0.6) is 11.5 Å². The molecule has 8 aliphatic carbocycles. The fraction of sp³-hybridized carbons (Fsp3) is 0.706. The van der Waals surface area contributed by atoms with E-state index in [0.717, 1.165) is 52.4 Å². The second kappa shape index (κ2) is 8.86. The summed E-state index contributed by atoms with van der Waals surface area (Å²) in [6.07, 6.45) is 16.6. The Morgan fingerprint density at radius 3 is 1.58 bits per heavy atom. The minimum atomic E-state index is -0.00356. The molecule has 4 heteroatoms. The van der Waals surface area contributed by atoms with E-state index in [1.807, 2.05) is 0 Å². The van der Waals surface area contributed by atoms with Crippen molar-refractivity contribution in [3.05, 3.63) is 35.4 Å². The zero-order valence-electron chi connectivity index (χ0n) is 22.8. The Kier molecular flexibility index (Phi) is 5.61. The van der Waals surface area contributed by atoms with Crippen LogP contribution in [0.1, 0.15) is 88.2 Å². The second-order valence-corrected chi connectivity index (χ2v) is 14.5. The highest BCUT2D eigenvalue weighted by molar-refractivity contribution is 5.97. The highest BCUT2D eigenvalue weighted by atomic mass is 16.5. The molecule has 0 atom stereocenters. The van der Waals surface area contributed by atoms with Crippen molar-refractivity contribution in [1.29, 1.82) is 0 Å². The van der Waals surface area contributed by atoms with Crippen LogP contribution in [0.4, 0.5) is 0 Å². The van der Waals surface area contributed by atoms with Gasteiger partial charge in [-0.1, -0.05) is 6.07 Å². The van der Waals surface area contributed by atoms with Gasteiger partial charge in [0.1, 0.15) is 24.7 Å². The zero-order valence-corrected chi connectivity index (χ0v) is 22.8. The van der Waals surface area contributed by atoms with Crippen molar-refractivity contribution in [2.45, 2.75) is 87.9 Å². The summed E-state index contributed by atoms with van der Waals surface area (Å²) in [5.41, 5.74) is 3.57. The predicted octanol–water partition coefficient (Wildman–Crippen LogP) is 6.52. The summed E-state index contributed by atoms with van der Waals surface area (Å²) in [7, 11) is 0. The first kappa shape index (κ1) is 24.1. The van der Waals surface area contributed by atoms with Crippen LogP contribution in [0, 0.1) is 35.5 Å². The van der Waals surface area contributed by atoms with Gasteiger partial charge in [0.05, 0.1) is 18.6 Å². The summed E-state index contributed by atoms with van der Waals surface area (Å²) < 4.78 is 12.5. The smallest absolute Gasteiger partial charge is 0.131 e.